The number of halogens is 5. The van der Waals surface area contributed by atoms with Crippen molar-refractivity contribution in [2.75, 3.05) is 6.67 Å². The van der Waals surface area contributed by atoms with E-state index in [1.165, 1.54) is 6.08 Å². The van der Waals surface area contributed by atoms with Gasteiger partial charge < -0.3 is 5.11 Å². The number of hydrogen-bond donors (Lipinski definition) is 1. The molecule has 0 heterocycles. The first-order chi connectivity index (χ1) is 7.75. The number of allylic oxidation sites excluding steroid dienone is 2. The van der Waals surface area contributed by atoms with E-state index in [2.05, 4.69) is 15.9 Å². The molecule has 6 heteroatoms. The molecule has 17 heavy (non-hydrogen) atoms. The molecule has 0 saturated carbocycles. The molecule has 1 N–H and O–H groups in total. The third-order valence-electron chi connectivity index (χ3n) is 2.59. The van der Waals surface area contributed by atoms with E-state index in [9.17, 15) is 22.7 Å². The van der Waals surface area contributed by atoms with Gasteiger partial charge in [0.25, 0.3) is 0 Å². The lowest BCUT2D eigenvalue weighted by molar-refractivity contribution is -0.190. The fourth-order valence-electron chi connectivity index (χ4n) is 1.71. The zero-order valence-corrected chi connectivity index (χ0v) is 10.7. The summed E-state index contributed by atoms with van der Waals surface area (Å²) in [6, 6.07) is 0. The molecule has 0 aliphatic heterocycles. The van der Waals surface area contributed by atoms with Gasteiger partial charge in [-0.2, -0.15) is 13.2 Å². The Morgan fingerprint density at radius 3 is 2.59 bits per heavy atom. The number of aliphatic hydroxyl groups is 1. The van der Waals surface area contributed by atoms with Crippen molar-refractivity contribution in [3.05, 3.63) is 23.3 Å². The highest BCUT2D eigenvalue weighted by molar-refractivity contribution is 9.09. The molecule has 0 spiro atoms. The van der Waals surface area contributed by atoms with E-state index in [4.69, 9.17) is 0 Å². The maximum Gasteiger partial charge on any atom is 0.418 e. The smallest absolute Gasteiger partial charge is 0.379 e. The Morgan fingerprint density at radius 2 is 2.12 bits per heavy atom. The van der Waals surface area contributed by atoms with Gasteiger partial charge in [-0.25, -0.2) is 4.39 Å². The molecule has 3 atom stereocenters. The van der Waals surface area contributed by atoms with Crippen LogP contribution in [0.2, 0.25) is 0 Å². The highest BCUT2D eigenvalue weighted by Gasteiger charge is 2.40. The summed E-state index contributed by atoms with van der Waals surface area (Å²) in [4.78, 5) is -0.295. The summed E-state index contributed by atoms with van der Waals surface area (Å²) in [5.74, 6) is -0.160. The monoisotopic (exact) mass is 316 g/mol. The van der Waals surface area contributed by atoms with Gasteiger partial charge >= 0.3 is 6.18 Å². The predicted molar refractivity (Wildman–Crippen MR) is 60.7 cm³/mol. The summed E-state index contributed by atoms with van der Waals surface area (Å²) in [5, 5.41) is 9.18. The lowest BCUT2D eigenvalue weighted by atomic mass is 10.0. The van der Waals surface area contributed by atoms with E-state index in [0.717, 1.165) is 6.08 Å². The molecule has 0 aromatic carbocycles. The molecular weight excluding hydrogens is 304 g/mol. The second kappa shape index (κ2) is 5.52. The molecular formula is C11H13BrF4O. The van der Waals surface area contributed by atoms with Gasteiger partial charge in [0.05, 0.1) is 0 Å². The molecule has 0 unspecified atom stereocenters. The first-order valence-corrected chi connectivity index (χ1v) is 6.04. The average Bonchev–Trinajstić information content (AvgIpc) is 2.34. The number of hydrogen-bond acceptors (Lipinski definition) is 1. The van der Waals surface area contributed by atoms with Gasteiger partial charge in [-0.05, 0) is 23.5 Å². The van der Waals surface area contributed by atoms with E-state index >= 15 is 0 Å². The van der Waals surface area contributed by atoms with Gasteiger partial charge in [0.2, 0.25) is 0 Å². The van der Waals surface area contributed by atoms with Crippen molar-refractivity contribution in [2.45, 2.75) is 30.5 Å². The minimum Gasteiger partial charge on any atom is -0.379 e. The molecule has 0 aromatic rings. The van der Waals surface area contributed by atoms with E-state index in [1.54, 1.807) is 6.92 Å². The number of rotatable bonds is 2. The summed E-state index contributed by atoms with van der Waals surface area (Å²) in [5.41, 5.74) is -0.0523. The highest BCUT2D eigenvalue weighted by atomic mass is 79.9. The Hall–Kier alpha value is -0.360. The zero-order chi connectivity index (χ0) is 13.2. The van der Waals surface area contributed by atoms with Crippen LogP contribution in [0.4, 0.5) is 17.6 Å². The number of alkyl halides is 5. The van der Waals surface area contributed by atoms with Crippen molar-refractivity contribution in [1.29, 1.82) is 0 Å². The number of aliphatic hydroxyl groups excluding tert-OH is 1. The Bertz CT molecular complexity index is 335. The maximum absolute atomic E-state index is 12.7. The Labute approximate surface area is 105 Å². The van der Waals surface area contributed by atoms with Crippen LogP contribution in [0.25, 0.3) is 0 Å². The van der Waals surface area contributed by atoms with Crippen molar-refractivity contribution < 1.29 is 22.7 Å². The van der Waals surface area contributed by atoms with E-state index in [-0.39, 0.29) is 21.9 Å². The van der Waals surface area contributed by atoms with Crippen LogP contribution in [-0.4, -0.2) is 28.9 Å². The van der Waals surface area contributed by atoms with Crippen LogP contribution in [0.3, 0.4) is 0 Å². The third kappa shape index (κ3) is 3.81. The van der Waals surface area contributed by atoms with Gasteiger partial charge in [-0.15, -0.1) is 0 Å². The molecule has 1 aliphatic rings. The predicted octanol–water partition coefficient (Wildman–Crippen LogP) is 3.54. The summed E-state index contributed by atoms with van der Waals surface area (Å²) in [6.45, 7) is 0.900. The molecule has 1 aliphatic carbocycles. The second-order valence-electron chi connectivity index (χ2n) is 4.14. The van der Waals surface area contributed by atoms with E-state index in [1.807, 2.05) is 0 Å². The lowest BCUT2D eigenvalue weighted by Gasteiger charge is -2.16. The van der Waals surface area contributed by atoms with Crippen molar-refractivity contribution in [2.24, 2.45) is 5.92 Å². The first kappa shape index (κ1) is 14.7. The SMILES string of the molecule is C[C@@H]1C=C([C@H](O)C(F)(F)F)C=C(CF)[C@@H](Br)C1. The Balaban J connectivity index is 3.06. The summed E-state index contributed by atoms with van der Waals surface area (Å²) >= 11 is 3.23. The van der Waals surface area contributed by atoms with Crippen LogP contribution < -0.4 is 0 Å². The van der Waals surface area contributed by atoms with Crippen LogP contribution >= 0.6 is 15.9 Å². The summed E-state index contributed by atoms with van der Waals surface area (Å²) in [6.07, 6.45) is -4.33. The molecule has 0 saturated heterocycles. The quantitative estimate of drug-likeness (QED) is 0.610. The Morgan fingerprint density at radius 1 is 1.53 bits per heavy atom. The third-order valence-corrected chi connectivity index (χ3v) is 3.55. The second-order valence-corrected chi connectivity index (χ2v) is 5.25. The van der Waals surface area contributed by atoms with Crippen molar-refractivity contribution >= 4 is 15.9 Å². The molecule has 0 radical (unpaired) electrons. The van der Waals surface area contributed by atoms with Crippen molar-refractivity contribution in [1.82, 2.24) is 0 Å². The minimum atomic E-state index is -4.73. The summed E-state index contributed by atoms with van der Waals surface area (Å²) in [7, 11) is 0. The van der Waals surface area contributed by atoms with Crippen LogP contribution in [-0.2, 0) is 0 Å². The molecule has 1 rings (SSSR count). The molecule has 0 amide bonds. The molecule has 0 aromatic heterocycles. The van der Waals surface area contributed by atoms with Crippen LogP contribution in [0.1, 0.15) is 13.3 Å². The van der Waals surface area contributed by atoms with Crippen molar-refractivity contribution in [3.8, 4) is 0 Å². The highest BCUT2D eigenvalue weighted by Crippen LogP contribution is 2.33. The molecule has 0 fully saturated rings. The van der Waals surface area contributed by atoms with Crippen molar-refractivity contribution in [3.63, 3.8) is 0 Å². The lowest BCUT2D eigenvalue weighted by Crippen LogP contribution is -2.30. The van der Waals surface area contributed by atoms with Crippen LogP contribution in [0, 0.1) is 5.92 Å². The zero-order valence-electron chi connectivity index (χ0n) is 9.14. The normalized spacial score (nSPS) is 28.2. The maximum atomic E-state index is 12.7. The van der Waals surface area contributed by atoms with Crippen LogP contribution in [0.15, 0.2) is 23.3 Å². The summed E-state index contributed by atoms with van der Waals surface area (Å²) < 4.78 is 49.9. The fourth-order valence-corrected chi connectivity index (χ4v) is 2.55. The standard InChI is InChI=1S/C11H13BrF4O/c1-6-2-7(10(17)11(14,15)16)4-8(5-13)9(12)3-6/h2,4,6,9-10,17H,3,5H2,1H3/t6-,9+,10+/m1/s1. The largest absolute Gasteiger partial charge is 0.418 e. The van der Waals surface area contributed by atoms with E-state index < -0.39 is 19.0 Å². The van der Waals surface area contributed by atoms with Gasteiger partial charge in [-0.3, -0.25) is 0 Å². The van der Waals surface area contributed by atoms with Gasteiger partial charge in [0, 0.05) is 4.83 Å². The van der Waals surface area contributed by atoms with Gasteiger partial charge in [0.1, 0.15) is 6.67 Å². The molecule has 0 bridgehead atoms. The average molecular weight is 317 g/mol. The van der Waals surface area contributed by atoms with Gasteiger partial charge in [-0.1, -0.05) is 35.0 Å². The van der Waals surface area contributed by atoms with Crippen LogP contribution in [0.5, 0.6) is 0 Å². The fraction of sp³-hybridized carbons (Fsp3) is 0.636. The minimum absolute atomic E-state index is 0.160. The Kier molecular flexibility index (Phi) is 4.77. The first-order valence-electron chi connectivity index (χ1n) is 5.12. The van der Waals surface area contributed by atoms with E-state index in [0.29, 0.717) is 6.42 Å². The molecule has 98 valence electrons. The topological polar surface area (TPSA) is 20.2 Å². The molecule has 1 nitrogen and oxygen atoms in total. The van der Waals surface area contributed by atoms with Gasteiger partial charge in [0.15, 0.2) is 6.10 Å².